The van der Waals surface area contributed by atoms with E-state index in [1.807, 2.05) is 12.1 Å². The molecule has 0 spiro atoms. The molecule has 0 saturated heterocycles. The third-order valence-corrected chi connectivity index (χ3v) is 3.35. The van der Waals surface area contributed by atoms with Crippen molar-refractivity contribution in [3.8, 4) is 0 Å². The summed E-state index contributed by atoms with van der Waals surface area (Å²) in [7, 11) is 0. The molecule has 0 radical (unpaired) electrons. The predicted octanol–water partition coefficient (Wildman–Crippen LogP) is 2.27. The third kappa shape index (κ3) is 1.03. The number of hydrazine groups is 1. The van der Waals surface area contributed by atoms with Crippen molar-refractivity contribution in [3.63, 3.8) is 0 Å². The zero-order chi connectivity index (χ0) is 11.4. The highest BCUT2D eigenvalue weighted by molar-refractivity contribution is 6.08. The van der Waals surface area contributed by atoms with Crippen LogP contribution in [0.3, 0.4) is 0 Å². The van der Waals surface area contributed by atoms with Crippen LogP contribution < -0.4 is 15.4 Å². The van der Waals surface area contributed by atoms with Crippen LogP contribution in [-0.2, 0) is 0 Å². The molecule has 2 aliphatic heterocycles. The molecule has 82 valence electrons. The summed E-state index contributed by atoms with van der Waals surface area (Å²) in [5.41, 5.74) is 2.22. The van der Waals surface area contributed by atoms with Crippen molar-refractivity contribution < 1.29 is 0 Å². The first-order valence-electron chi connectivity index (χ1n) is 5.65. The van der Waals surface area contributed by atoms with Gasteiger partial charge in [-0.2, -0.15) is 0 Å². The highest BCUT2D eigenvalue weighted by Crippen LogP contribution is 2.42. The summed E-state index contributed by atoms with van der Waals surface area (Å²) < 4.78 is 0. The number of benzene rings is 1. The van der Waals surface area contributed by atoms with Gasteiger partial charge >= 0.3 is 0 Å². The van der Waals surface area contributed by atoms with Crippen LogP contribution in [0.1, 0.15) is 0 Å². The maximum Gasteiger partial charge on any atom is 0.180 e. The lowest BCUT2D eigenvalue weighted by molar-refractivity contribution is 0.954. The Morgan fingerprint density at radius 1 is 1.06 bits per heavy atom. The van der Waals surface area contributed by atoms with Gasteiger partial charge in [-0.3, -0.25) is 14.8 Å². The van der Waals surface area contributed by atoms with E-state index in [2.05, 4.69) is 34.4 Å². The van der Waals surface area contributed by atoms with Crippen molar-refractivity contribution >= 4 is 22.1 Å². The highest BCUT2D eigenvalue weighted by atomic mass is 16.1. The molecular formula is C14H10N2O. The van der Waals surface area contributed by atoms with E-state index in [4.69, 9.17) is 0 Å². The Bertz CT molecular complexity index is 721. The lowest BCUT2D eigenvalue weighted by Gasteiger charge is -2.23. The summed E-state index contributed by atoms with van der Waals surface area (Å²) in [6, 6.07) is 11.4. The lowest BCUT2D eigenvalue weighted by atomic mass is 10.1. The van der Waals surface area contributed by atoms with E-state index in [0.717, 1.165) is 23.3 Å². The summed E-state index contributed by atoms with van der Waals surface area (Å²) in [5.74, 6) is 0. The van der Waals surface area contributed by atoms with Crippen LogP contribution in [-0.4, -0.2) is 6.54 Å². The Labute approximate surface area is 98.2 Å². The Hall–Kier alpha value is -2.29. The molecule has 3 nitrogen and oxygen atoms in total. The van der Waals surface area contributed by atoms with E-state index in [1.165, 1.54) is 5.39 Å². The molecule has 0 bridgehead atoms. The smallest absolute Gasteiger partial charge is 0.180 e. The van der Waals surface area contributed by atoms with Gasteiger partial charge in [0, 0.05) is 17.7 Å². The van der Waals surface area contributed by atoms with Gasteiger partial charge in [-0.15, -0.1) is 0 Å². The quantitative estimate of drug-likeness (QED) is 0.683. The summed E-state index contributed by atoms with van der Waals surface area (Å²) >= 11 is 0. The zero-order valence-corrected chi connectivity index (χ0v) is 9.13. The minimum absolute atomic E-state index is 0.0518. The predicted molar refractivity (Wildman–Crippen MR) is 69.2 cm³/mol. The van der Waals surface area contributed by atoms with Crippen LogP contribution in [0, 0.1) is 0 Å². The molecule has 2 aromatic carbocycles. The van der Waals surface area contributed by atoms with Crippen molar-refractivity contribution in [3.05, 3.63) is 58.9 Å². The minimum atomic E-state index is 0.0518. The van der Waals surface area contributed by atoms with Crippen molar-refractivity contribution in [1.82, 2.24) is 0 Å². The van der Waals surface area contributed by atoms with Gasteiger partial charge in [-0.1, -0.05) is 18.2 Å². The van der Waals surface area contributed by atoms with Gasteiger partial charge in [0.25, 0.3) is 0 Å². The first-order valence-corrected chi connectivity index (χ1v) is 5.65. The van der Waals surface area contributed by atoms with E-state index >= 15 is 0 Å². The molecule has 0 aliphatic carbocycles. The Morgan fingerprint density at radius 2 is 2.00 bits per heavy atom. The van der Waals surface area contributed by atoms with Gasteiger partial charge in [0.1, 0.15) is 0 Å². The summed E-state index contributed by atoms with van der Waals surface area (Å²) in [6.07, 6.45) is 4.15. The highest BCUT2D eigenvalue weighted by Gasteiger charge is 2.28. The molecule has 2 aromatic rings. The fourth-order valence-corrected chi connectivity index (χ4v) is 2.64. The molecular weight excluding hydrogens is 212 g/mol. The molecule has 4 rings (SSSR count). The third-order valence-electron chi connectivity index (χ3n) is 3.35. The zero-order valence-electron chi connectivity index (χ0n) is 9.13. The fourth-order valence-electron chi connectivity index (χ4n) is 2.64. The molecule has 0 fully saturated rings. The van der Waals surface area contributed by atoms with Crippen LogP contribution in [0.5, 0.6) is 0 Å². The molecule has 0 N–H and O–H groups in total. The number of nitrogens with zero attached hydrogens (tertiary/aromatic N) is 2. The molecule has 0 amide bonds. The number of anilines is 2. The molecule has 0 unspecified atom stereocenters. The Kier molecular flexibility index (Phi) is 1.50. The fraction of sp³-hybridized carbons (Fsp3) is 0.0714. The molecule has 17 heavy (non-hydrogen) atoms. The summed E-state index contributed by atoms with van der Waals surface area (Å²) in [4.78, 5) is 11.7. The van der Waals surface area contributed by atoms with Gasteiger partial charge in [0.05, 0.1) is 17.9 Å². The molecule has 2 aliphatic rings. The van der Waals surface area contributed by atoms with Crippen molar-refractivity contribution in [1.29, 1.82) is 0 Å². The standard InChI is InChI=1S/C14H10N2O/c17-11-6-5-10-3-1-4-12-14(10)13(9-11)16-8-2-7-15(12)16/h1-7,9H,8H2. The monoisotopic (exact) mass is 222 g/mol. The Balaban J connectivity index is 2.23. The van der Waals surface area contributed by atoms with E-state index in [-0.39, 0.29) is 5.43 Å². The molecule has 0 saturated carbocycles. The average Bonchev–Trinajstić information content (AvgIpc) is 2.85. The van der Waals surface area contributed by atoms with Crippen LogP contribution in [0.15, 0.2) is 53.5 Å². The van der Waals surface area contributed by atoms with E-state index in [1.54, 1.807) is 12.1 Å². The first kappa shape index (κ1) is 8.82. The molecule has 0 aromatic heterocycles. The van der Waals surface area contributed by atoms with E-state index < -0.39 is 0 Å². The molecule has 2 heterocycles. The van der Waals surface area contributed by atoms with Crippen molar-refractivity contribution in [2.24, 2.45) is 0 Å². The second-order valence-corrected chi connectivity index (χ2v) is 4.32. The van der Waals surface area contributed by atoms with Gasteiger partial charge in [0.15, 0.2) is 5.43 Å². The lowest BCUT2D eigenvalue weighted by Crippen LogP contribution is -2.31. The van der Waals surface area contributed by atoms with Crippen molar-refractivity contribution in [2.75, 3.05) is 16.6 Å². The van der Waals surface area contributed by atoms with Crippen LogP contribution in [0.2, 0.25) is 0 Å². The normalized spacial score (nSPS) is 15.8. The maximum atomic E-state index is 11.7. The maximum absolute atomic E-state index is 11.7. The second-order valence-electron chi connectivity index (χ2n) is 4.32. The number of fused-ring (bicyclic) bond motifs is 3. The average molecular weight is 222 g/mol. The molecule has 3 heteroatoms. The van der Waals surface area contributed by atoms with E-state index in [0.29, 0.717) is 0 Å². The minimum Gasteiger partial charge on any atom is -0.290 e. The summed E-state index contributed by atoms with van der Waals surface area (Å²) in [5, 5.41) is 6.51. The van der Waals surface area contributed by atoms with Gasteiger partial charge < -0.3 is 0 Å². The van der Waals surface area contributed by atoms with Gasteiger partial charge in [-0.25, -0.2) is 0 Å². The largest absolute Gasteiger partial charge is 0.290 e. The van der Waals surface area contributed by atoms with Gasteiger partial charge in [0.2, 0.25) is 0 Å². The number of hydrogen-bond donors (Lipinski definition) is 0. The second kappa shape index (κ2) is 2.88. The Morgan fingerprint density at radius 3 is 2.94 bits per heavy atom. The molecule has 0 atom stereocenters. The topological polar surface area (TPSA) is 23.6 Å². The summed E-state index contributed by atoms with van der Waals surface area (Å²) in [6.45, 7) is 0.827. The van der Waals surface area contributed by atoms with Crippen LogP contribution in [0.4, 0.5) is 11.4 Å². The SMILES string of the molecule is O=c1ccc2cccc3c2c(c1)N1CC=CN31. The van der Waals surface area contributed by atoms with Crippen LogP contribution in [0.25, 0.3) is 10.8 Å². The van der Waals surface area contributed by atoms with Crippen LogP contribution >= 0.6 is 0 Å². The first-order chi connectivity index (χ1) is 8.34. The van der Waals surface area contributed by atoms with Gasteiger partial charge in [-0.05, 0) is 23.6 Å². The van der Waals surface area contributed by atoms with E-state index in [9.17, 15) is 4.79 Å². The number of rotatable bonds is 0. The van der Waals surface area contributed by atoms with Crippen molar-refractivity contribution in [2.45, 2.75) is 0 Å². The number of hydrogen-bond acceptors (Lipinski definition) is 3.